The Hall–Kier alpha value is -14.2. The van der Waals surface area contributed by atoms with Crippen LogP contribution in [0.2, 0.25) is 0 Å². The number of aromatic nitrogens is 15. The standard InChI is InChI=1S/C17H23N3O11.C17H23N3O9.C16H21N3O9.C16H17N3O9.C15H19N3O9/c1-26-2-3-27-10-20-16(24)18(4-13(21)30-8-11-6-28-11)15(23)19(17(20)25)5-14(22)31-9-12-7-29-12;1-2-3-4-18-15(23)19(5-13(21)28-9-11-7-26-11)17(25)20(16(18)24)6-14(22)29-10-12-8-27-12;2*1-2-3-17-14(22)18(4-12(20)27-8-10-6-25-10)16(24)19(15(17)23)5-13(21)28-9-11-7-26-11;1-2-16-13(21)17(3-11(19)26-7-9-5-24-9)15(23)18(14(16)22)4-12(20)27-8-10-6-25-10/h11-12H,2-10H2,1H3;11-12H,2-10H2,1H3;10-11H,2-9H2,1H3;1,10-11H,3-9H2;9-10H,2-8H2,1H3. The number of carbonyl (C=O) groups is 10. The van der Waals surface area contributed by atoms with Crippen LogP contribution >= 0.6 is 0 Å². The number of epoxide rings is 10. The van der Waals surface area contributed by atoms with Crippen LogP contribution in [0.3, 0.4) is 0 Å². The number of carbonyl (C=O) groups excluding carboxylic acids is 10. The molecule has 0 radical (unpaired) electrons. The van der Waals surface area contributed by atoms with Gasteiger partial charge in [-0.3, -0.25) is 47.9 Å². The van der Waals surface area contributed by atoms with Crippen molar-refractivity contribution in [3.8, 4) is 12.3 Å². The zero-order valence-electron chi connectivity index (χ0n) is 77.5. The van der Waals surface area contributed by atoms with Crippen molar-refractivity contribution in [2.75, 3.05) is 152 Å². The first-order valence-electron chi connectivity index (χ1n) is 44.5. The van der Waals surface area contributed by atoms with E-state index in [0.29, 0.717) is 140 Å². The van der Waals surface area contributed by atoms with E-state index in [0.717, 1.165) is 13.7 Å². The Balaban J connectivity index is 0.000000171. The number of rotatable bonds is 52. The van der Waals surface area contributed by atoms with E-state index >= 15 is 0 Å². The van der Waals surface area contributed by atoms with Gasteiger partial charge in [-0.2, -0.15) is 0 Å². The lowest BCUT2D eigenvalue weighted by molar-refractivity contribution is -0.146. The minimum atomic E-state index is -1.15. The summed E-state index contributed by atoms with van der Waals surface area (Å²) in [7, 11) is 1.44. The topological polar surface area (TPSA) is 737 Å². The molecule has 5 aromatic rings. The zero-order chi connectivity index (χ0) is 103. The summed E-state index contributed by atoms with van der Waals surface area (Å²) >= 11 is 0. The molecule has 62 heteroatoms. The SMILES string of the molecule is C#CCn1c(=O)n(CC(=O)OCC2CO2)c(=O)n(CC(=O)OCC2CO2)c1=O.CCCCn1c(=O)n(CC(=O)OCC2CO2)c(=O)n(CC(=O)OCC2CO2)c1=O.CCCn1c(=O)n(CC(=O)OCC2CO2)c(=O)n(CC(=O)OCC2CO2)c1=O.CCn1c(=O)n(CC(=O)OCC2CO2)c(=O)n(CC(=O)OCC2CO2)c1=O.COCCOCn1c(=O)n(CC(=O)OCC2CO2)c(=O)n(CC(=O)OCC2CO2)c1=O. The number of methoxy groups -OCH3 is 1. The molecule has 62 nitrogen and oxygen atoms in total. The summed E-state index contributed by atoms with van der Waals surface area (Å²) in [5, 5.41) is 0. The molecule has 10 aliphatic heterocycles. The van der Waals surface area contributed by atoms with E-state index in [2.05, 4.69) is 5.92 Å². The summed E-state index contributed by atoms with van der Waals surface area (Å²) in [6.45, 7) is 2.12. The van der Waals surface area contributed by atoms with Crippen molar-refractivity contribution in [1.29, 1.82) is 0 Å². The van der Waals surface area contributed by atoms with Crippen molar-refractivity contribution in [1.82, 2.24) is 68.5 Å². The van der Waals surface area contributed by atoms with Crippen LogP contribution in [-0.4, -0.2) is 342 Å². The Morgan fingerprint density at radius 1 is 0.252 bits per heavy atom. The molecular weight excluding hydrogens is 1930 g/mol. The van der Waals surface area contributed by atoms with Gasteiger partial charge in [0.2, 0.25) is 0 Å². The molecule has 143 heavy (non-hydrogen) atoms. The van der Waals surface area contributed by atoms with E-state index in [1.54, 1.807) is 6.92 Å². The third-order valence-electron chi connectivity index (χ3n) is 20.5. The van der Waals surface area contributed by atoms with Crippen LogP contribution < -0.4 is 85.3 Å². The highest BCUT2D eigenvalue weighted by Crippen LogP contribution is 2.16. The molecule has 10 atom stereocenters. The molecular formula is C81H103N15O47. The van der Waals surface area contributed by atoms with Gasteiger partial charge >= 0.3 is 145 Å². The summed E-state index contributed by atoms with van der Waals surface area (Å²) < 4.78 is 117. The minimum Gasteiger partial charge on any atom is -0.461 e. The normalized spacial score (nSPS) is 19.7. The third kappa shape index (κ3) is 34.0. The molecule has 0 spiro atoms. The molecule has 15 heterocycles. The van der Waals surface area contributed by atoms with Crippen molar-refractivity contribution in [2.45, 2.75) is 199 Å². The fraction of sp³-hybridized carbons (Fsp3) is 0.667. The molecule has 5 aromatic heterocycles. The number of terminal acetylenes is 1. The molecule has 10 saturated heterocycles. The molecule has 0 N–H and O–H groups in total. The van der Waals surface area contributed by atoms with Crippen LogP contribution in [0.5, 0.6) is 0 Å². The van der Waals surface area contributed by atoms with Crippen molar-refractivity contribution in [3.63, 3.8) is 0 Å². The van der Waals surface area contributed by atoms with E-state index in [1.165, 1.54) is 14.0 Å². The molecule has 784 valence electrons. The molecule has 10 aliphatic rings. The molecule has 0 aliphatic carbocycles. The molecule has 15 rings (SSSR count). The second-order valence-corrected chi connectivity index (χ2v) is 32.1. The minimum absolute atomic E-state index is 0.0126. The van der Waals surface area contributed by atoms with E-state index < -0.39 is 224 Å². The Bertz CT molecular complexity index is 6180. The average Bonchev–Trinajstić information content (AvgIpc) is 1.78. The lowest BCUT2D eigenvalue weighted by Crippen LogP contribution is -2.56. The van der Waals surface area contributed by atoms with Crippen LogP contribution in [0.25, 0.3) is 0 Å². The van der Waals surface area contributed by atoms with Gasteiger partial charge in [0.1, 0.15) is 199 Å². The van der Waals surface area contributed by atoms with Crippen LogP contribution in [0.4, 0.5) is 0 Å². The lowest BCUT2D eigenvalue weighted by Gasteiger charge is -2.13. The second-order valence-electron chi connectivity index (χ2n) is 32.1. The van der Waals surface area contributed by atoms with Gasteiger partial charge in [0.15, 0.2) is 0 Å². The lowest BCUT2D eigenvalue weighted by atomic mass is 10.3. The van der Waals surface area contributed by atoms with Gasteiger partial charge < -0.3 is 104 Å². The Labute approximate surface area is 799 Å². The van der Waals surface area contributed by atoms with Gasteiger partial charge in [0.05, 0.1) is 85.8 Å². The van der Waals surface area contributed by atoms with Gasteiger partial charge in [0.25, 0.3) is 0 Å². The summed E-state index contributed by atoms with van der Waals surface area (Å²) in [6.07, 6.45) is 4.96. The monoisotopic (exact) mass is 2040 g/mol. The number of hydrogen-bond acceptors (Lipinski definition) is 47. The van der Waals surface area contributed by atoms with Gasteiger partial charge in [0, 0.05) is 26.7 Å². The maximum Gasteiger partial charge on any atom is 0.338 e. The van der Waals surface area contributed by atoms with Crippen molar-refractivity contribution < 1.29 is 152 Å². The number of hydrogen-bond donors (Lipinski definition) is 0. The number of ether oxygens (including phenoxy) is 22. The van der Waals surface area contributed by atoms with Crippen LogP contribution in [-0.2, 0) is 251 Å². The number of esters is 10. The average molecular weight is 2040 g/mol. The molecule has 0 amide bonds. The van der Waals surface area contributed by atoms with Gasteiger partial charge in [-0.25, -0.2) is 140 Å². The first-order valence-corrected chi connectivity index (χ1v) is 44.5. The van der Waals surface area contributed by atoms with Gasteiger partial charge in [-0.1, -0.05) is 26.2 Å². The number of unbranched alkanes of at least 4 members (excludes halogenated alkanes) is 1. The van der Waals surface area contributed by atoms with E-state index in [-0.39, 0.29) is 160 Å². The van der Waals surface area contributed by atoms with E-state index in [1.807, 2.05) is 6.92 Å². The highest BCUT2D eigenvalue weighted by atomic mass is 16.7. The first kappa shape index (κ1) is 109. The van der Waals surface area contributed by atoms with Gasteiger partial charge in [-0.15, -0.1) is 6.42 Å². The van der Waals surface area contributed by atoms with Crippen molar-refractivity contribution in [2.24, 2.45) is 0 Å². The smallest absolute Gasteiger partial charge is 0.338 e. The predicted octanol–water partition coefficient (Wildman–Crippen LogP) is -14.2. The predicted molar refractivity (Wildman–Crippen MR) is 461 cm³/mol. The fourth-order valence-corrected chi connectivity index (χ4v) is 11.8. The Morgan fingerprint density at radius 3 is 0.594 bits per heavy atom. The van der Waals surface area contributed by atoms with Crippen LogP contribution in [0, 0.1) is 12.3 Å². The summed E-state index contributed by atoms with van der Waals surface area (Å²) in [4.78, 5) is 307. The second kappa shape index (κ2) is 52.0. The maximum atomic E-state index is 12.7. The molecule has 0 bridgehead atoms. The largest absolute Gasteiger partial charge is 0.461 e. The van der Waals surface area contributed by atoms with E-state index in [9.17, 15) is 120 Å². The highest BCUT2D eigenvalue weighted by Gasteiger charge is 2.36. The van der Waals surface area contributed by atoms with Crippen LogP contribution in [0.15, 0.2) is 71.9 Å². The van der Waals surface area contributed by atoms with Gasteiger partial charge in [-0.05, 0) is 19.8 Å². The Kier molecular flexibility index (Phi) is 39.7. The van der Waals surface area contributed by atoms with E-state index in [4.69, 9.17) is 111 Å². The summed E-state index contributed by atoms with van der Waals surface area (Å²) in [5.74, 6) is -6.33. The zero-order valence-corrected chi connectivity index (χ0v) is 77.5. The first-order chi connectivity index (χ1) is 68.5. The quantitative estimate of drug-likeness (QED) is 0.0115. The van der Waals surface area contributed by atoms with Crippen molar-refractivity contribution >= 4 is 59.7 Å². The Morgan fingerprint density at radius 2 is 0.427 bits per heavy atom. The fourth-order valence-electron chi connectivity index (χ4n) is 11.8. The molecule has 10 fully saturated rings. The highest BCUT2D eigenvalue weighted by molar-refractivity contribution is 5.73. The molecule has 0 saturated carbocycles. The van der Waals surface area contributed by atoms with Crippen molar-refractivity contribution in [3.05, 3.63) is 157 Å². The van der Waals surface area contributed by atoms with Crippen LogP contribution in [0.1, 0.15) is 40.0 Å². The molecule has 10 unspecified atom stereocenters. The maximum absolute atomic E-state index is 12.7. The number of nitrogens with zero attached hydrogens (tertiary/aromatic N) is 15. The summed E-state index contributed by atoms with van der Waals surface area (Å²) in [6, 6.07) is 0. The summed E-state index contributed by atoms with van der Waals surface area (Å²) in [5.41, 5.74) is -15.5. The molecule has 0 aromatic carbocycles. The third-order valence-corrected chi connectivity index (χ3v) is 20.5.